The maximum atomic E-state index is 9.45. The van der Waals surface area contributed by atoms with Crippen molar-refractivity contribution in [2.75, 3.05) is 0 Å². The van der Waals surface area contributed by atoms with Crippen molar-refractivity contribution in [3.8, 4) is 0 Å². The van der Waals surface area contributed by atoms with E-state index in [2.05, 4.69) is 0 Å². The second-order valence-corrected chi connectivity index (χ2v) is 5.03. The van der Waals surface area contributed by atoms with Gasteiger partial charge in [0.05, 0.1) is 24.1 Å². The van der Waals surface area contributed by atoms with Crippen LogP contribution in [-0.4, -0.2) is 139 Å². The van der Waals surface area contributed by atoms with Crippen LogP contribution in [0.2, 0.25) is 0 Å². The molecular weight excluding hydrogens is 491 g/mol. The zero-order valence-corrected chi connectivity index (χ0v) is 21.9. The molecule has 0 aliphatic heterocycles. The molecule has 32 heavy (non-hydrogen) atoms. The normalized spacial score (nSPS) is 12.8. The van der Waals surface area contributed by atoms with E-state index in [1.807, 2.05) is 0 Å². The summed E-state index contributed by atoms with van der Waals surface area (Å²) in [5.74, 6) is -6.43. The monoisotopic (exact) mass is 522 g/mol. The van der Waals surface area contributed by atoms with Crippen LogP contribution in [0.15, 0.2) is 0 Å². The number of hydrogen-bond donors (Lipinski definition) is 8. The molecule has 0 spiro atoms. The van der Waals surface area contributed by atoms with Crippen LogP contribution in [0.25, 0.3) is 0 Å². The maximum absolute atomic E-state index is 9.45. The number of carboxylic acid groups (broad SMARTS) is 5. The van der Waals surface area contributed by atoms with Crippen molar-refractivity contribution in [3.63, 3.8) is 0 Å². The maximum Gasteiger partial charge on any atom is 2.00 e. The predicted octanol–water partition coefficient (Wildman–Crippen LogP) is -5.73. The number of rotatable bonds is 5. The van der Waals surface area contributed by atoms with Crippen molar-refractivity contribution in [2.24, 2.45) is 0 Å². The quantitative estimate of drug-likeness (QED) is 0.123. The van der Waals surface area contributed by atoms with Gasteiger partial charge in [0, 0.05) is 0 Å². The summed E-state index contributed by atoms with van der Waals surface area (Å²) in [5, 5.41) is 81.9. The molecule has 8 N–H and O–H groups in total. The van der Waals surface area contributed by atoms with Gasteiger partial charge in [0.1, 0.15) is 18.3 Å². The van der Waals surface area contributed by atoms with E-state index in [1.54, 1.807) is 0 Å². The van der Waals surface area contributed by atoms with Crippen molar-refractivity contribution in [3.05, 3.63) is 0 Å². The van der Waals surface area contributed by atoms with Gasteiger partial charge < -0.3 is 60.7 Å². The number of carbonyl (C=O) groups is 5. The first kappa shape index (κ1) is 48.3. The van der Waals surface area contributed by atoms with Crippen LogP contribution in [-0.2, 0) is 24.0 Å². The van der Waals surface area contributed by atoms with E-state index < -0.39 is 60.4 Å². The Morgan fingerprint density at radius 3 is 0.562 bits per heavy atom. The van der Waals surface area contributed by atoms with Crippen molar-refractivity contribution < 1.29 is 75.0 Å². The Morgan fingerprint density at radius 1 is 0.500 bits per heavy atom. The topological polar surface area (TPSA) is 293 Å². The van der Waals surface area contributed by atoms with Crippen molar-refractivity contribution >= 4 is 77.5 Å². The average Bonchev–Trinajstić information content (AvgIpc) is 2.56. The standard InChI is InChI=1S/5C3H6O3.Ca.H3P/c5*1-2(4)3(5)6;;/h5*2,4H,1H3,(H,5,6);;1H3/q;;;;;+2;/p-2. The van der Waals surface area contributed by atoms with E-state index in [-0.39, 0.29) is 47.6 Å². The third-order valence-electron chi connectivity index (χ3n) is 1.75. The molecule has 0 aromatic carbocycles. The molecule has 0 aliphatic rings. The summed E-state index contributed by atoms with van der Waals surface area (Å²) in [6, 6.07) is 0. The zero-order chi connectivity index (χ0) is 25.8. The van der Waals surface area contributed by atoms with Gasteiger partial charge in [0.25, 0.3) is 0 Å². The Labute approximate surface area is 216 Å². The van der Waals surface area contributed by atoms with E-state index in [0.29, 0.717) is 0 Å². The minimum absolute atomic E-state index is 0. The molecule has 6 unspecified atom stereocenters. The van der Waals surface area contributed by atoms with Crippen LogP contribution in [0, 0.1) is 0 Å². The number of carboxylic acids is 5. The van der Waals surface area contributed by atoms with E-state index in [1.165, 1.54) is 20.8 Å². The van der Waals surface area contributed by atoms with Gasteiger partial charge in [0.15, 0.2) is 0 Å². The smallest absolute Gasteiger partial charge is 0.547 e. The van der Waals surface area contributed by atoms with Gasteiger partial charge in [-0.05, 0) is 34.6 Å². The first-order chi connectivity index (χ1) is 13.2. The fourth-order valence-electron chi connectivity index (χ4n) is 0. The Kier molecular flexibility index (Phi) is 45.1. The summed E-state index contributed by atoms with van der Waals surface area (Å²) in [6.45, 7) is 5.86. The number of hydrogen-bond acceptors (Lipinski definition) is 12. The fraction of sp³-hybridized carbons (Fsp3) is 0.667. The minimum Gasteiger partial charge on any atom is -0.547 e. The molecule has 0 amide bonds. The fourth-order valence-corrected chi connectivity index (χ4v) is 0. The first-order valence-corrected chi connectivity index (χ1v) is 7.72. The third-order valence-corrected chi connectivity index (χ3v) is 1.75. The molecule has 15 nitrogen and oxygen atoms in total. The molecule has 0 saturated heterocycles. The zero-order valence-electron chi connectivity index (χ0n) is 18.2. The van der Waals surface area contributed by atoms with Crippen molar-refractivity contribution in [1.29, 1.82) is 0 Å². The van der Waals surface area contributed by atoms with E-state index in [9.17, 15) is 34.2 Å². The van der Waals surface area contributed by atoms with Crippen LogP contribution in [0.3, 0.4) is 0 Å². The number of aliphatic carboxylic acids is 5. The van der Waals surface area contributed by atoms with Gasteiger partial charge in [-0.3, -0.25) is 0 Å². The average molecular weight is 522 g/mol. The number of aliphatic hydroxyl groups excluding tert-OH is 5. The van der Waals surface area contributed by atoms with Crippen LogP contribution >= 0.6 is 9.90 Å². The van der Waals surface area contributed by atoms with Gasteiger partial charge in [-0.15, -0.1) is 0 Å². The molecule has 0 radical (unpaired) electrons. The predicted molar refractivity (Wildman–Crippen MR) is 108 cm³/mol. The van der Waals surface area contributed by atoms with Crippen molar-refractivity contribution in [2.45, 2.75) is 65.1 Å². The van der Waals surface area contributed by atoms with Crippen LogP contribution in [0.5, 0.6) is 0 Å². The van der Waals surface area contributed by atoms with Crippen LogP contribution in [0.4, 0.5) is 0 Å². The number of aliphatic hydroxyl groups is 5. The Balaban J connectivity index is -0.0000000481. The van der Waals surface area contributed by atoms with Crippen molar-refractivity contribution in [1.82, 2.24) is 0 Å². The SMILES string of the molecule is CC(O)C(=O)O.CC(O)C(=O)O.CC(O)C(=O)O.CC(O)C(=O)[O-].CC(O)C(=O)[O-].P.[Ca+2]. The van der Waals surface area contributed by atoms with Gasteiger partial charge in [-0.2, -0.15) is 9.90 Å². The molecule has 0 aromatic rings. The summed E-state index contributed by atoms with van der Waals surface area (Å²) in [4.78, 5) is 47.0. The Morgan fingerprint density at radius 2 is 0.562 bits per heavy atom. The summed E-state index contributed by atoms with van der Waals surface area (Å²) in [5.41, 5.74) is 0. The molecule has 0 fully saturated rings. The molecular formula is C15H31CaO15P. The third kappa shape index (κ3) is 63.0. The van der Waals surface area contributed by atoms with Gasteiger partial charge in [0.2, 0.25) is 0 Å². The second kappa shape index (κ2) is 29.8. The molecule has 0 saturated carbocycles. The van der Waals surface area contributed by atoms with E-state index in [4.69, 9.17) is 40.9 Å². The molecule has 0 aromatic heterocycles. The summed E-state index contributed by atoms with van der Waals surface area (Å²) < 4.78 is 0. The largest absolute Gasteiger partial charge is 2.00 e. The van der Waals surface area contributed by atoms with Crippen LogP contribution in [0.1, 0.15) is 34.6 Å². The summed E-state index contributed by atoms with van der Waals surface area (Å²) >= 11 is 0. The van der Waals surface area contributed by atoms with Gasteiger partial charge in [-0.25, -0.2) is 14.4 Å². The molecule has 0 bridgehead atoms. The summed E-state index contributed by atoms with van der Waals surface area (Å²) in [6.07, 6.45) is -6.38. The van der Waals surface area contributed by atoms with Crippen LogP contribution < -0.4 is 10.2 Å². The Hall–Kier alpha value is -1.16. The molecule has 188 valence electrons. The minimum atomic E-state index is -1.44. The molecule has 6 atom stereocenters. The summed E-state index contributed by atoms with van der Waals surface area (Å²) in [7, 11) is 0. The van der Waals surface area contributed by atoms with Gasteiger partial charge in [-0.1, -0.05) is 0 Å². The molecule has 0 rings (SSSR count). The second-order valence-electron chi connectivity index (χ2n) is 5.03. The first-order valence-electron chi connectivity index (χ1n) is 7.72. The number of carbonyl (C=O) groups excluding carboxylic acids is 2. The van der Waals surface area contributed by atoms with E-state index >= 15 is 0 Å². The Bertz CT molecular complexity index is 403. The molecule has 17 heteroatoms. The van der Waals surface area contributed by atoms with E-state index in [0.717, 1.165) is 13.8 Å². The molecule has 0 heterocycles. The van der Waals surface area contributed by atoms with Gasteiger partial charge >= 0.3 is 55.6 Å². The molecule has 0 aliphatic carbocycles.